The van der Waals surface area contributed by atoms with E-state index in [-0.39, 0.29) is 11.8 Å². The second-order valence-corrected chi connectivity index (χ2v) is 4.32. The number of hydrogen-bond acceptors (Lipinski definition) is 2. The van der Waals surface area contributed by atoms with Gasteiger partial charge in [-0.3, -0.25) is 4.79 Å². The smallest absolute Gasteiger partial charge is 0.225 e. The molecule has 1 aromatic rings. The molecule has 0 spiro atoms. The van der Waals surface area contributed by atoms with E-state index in [1.54, 1.807) is 0 Å². The zero-order valence-electron chi connectivity index (χ0n) is 9.62. The first kappa shape index (κ1) is 11.1. The van der Waals surface area contributed by atoms with E-state index < -0.39 is 0 Å². The van der Waals surface area contributed by atoms with Gasteiger partial charge in [0.05, 0.1) is 5.92 Å². The Labute approximate surface area is 96.2 Å². The second kappa shape index (κ2) is 5.12. The van der Waals surface area contributed by atoms with Crippen molar-refractivity contribution < 1.29 is 4.79 Å². The van der Waals surface area contributed by atoms with Crippen LogP contribution in [0.1, 0.15) is 11.1 Å². The van der Waals surface area contributed by atoms with Gasteiger partial charge in [0, 0.05) is 19.6 Å². The Morgan fingerprint density at radius 1 is 1.44 bits per heavy atom. The van der Waals surface area contributed by atoms with E-state index in [0.29, 0.717) is 0 Å². The molecule has 1 aliphatic heterocycles. The summed E-state index contributed by atoms with van der Waals surface area (Å²) >= 11 is 0. The Balaban J connectivity index is 1.75. The van der Waals surface area contributed by atoms with Crippen molar-refractivity contribution in [3.8, 4) is 0 Å². The number of rotatable bonds is 4. The SMILES string of the molecule is Cc1ccccc1CCNC(=O)C1CNC1. The minimum absolute atomic E-state index is 0.187. The summed E-state index contributed by atoms with van der Waals surface area (Å²) in [5.74, 6) is 0.379. The number of benzene rings is 1. The normalized spacial score (nSPS) is 15.6. The third-order valence-electron chi connectivity index (χ3n) is 3.11. The molecule has 2 N–H and O–H groups in total. The third-order valence-corrected chi connectivity index (χ3v) is 3.11. The zero-order valence-corrected chi connectivity index (χ0v) is 9.62. The summed E-state index contributed by atoms with van der Waals surface area (Å²) in [6.45, 7) is 4.50. The average molecular weight is 218 g/mol. The predicted octanol–water partition coefficient (Wildman–Crippen LogP) is 0.873. The van der Waals surface area contributed by atoms with Crippen LogP contribution in [0.5, 0.6) is 0 Å². The van der Waals surface area contributed by atoms with E-state index in [1.165, 1.54) is 11.1 Å². The Kier molecular flexibility index (Phi) is 3.57. The van der Waals surface area contributed by atoms with Crippen LogP contribution in [-0.4, -0.2) is 25.5 Å². The Bertz CT molecular complexity index is 372. The number of nitrogens with one attached hydrogen (secondary N) is 2. The van der Waals surface area contributed by atoms with Crippen molar-refractivity contribution in [2.24, 2.45) is 5.92 Å². The lowest BCUT2D eigenvalue weighted by atomic mass is 10.0. The van der Waals surface area contributed by atoms with E-state index in [9.17, 15) is 4.79 Å². The van der Waals surface area contributed by atoms with Crippen molar-refractivity contribution in [1.82, 2.24) is 10.6 Å². The Morgan fingerprint density at radius 2 is 2.19 bits per heavy atom. The van der Waals surface area contributed by atoms with Gasteiger partial charge in [-0.15, -0.1) is 0 Å². The van der Waals surface area contributed by atoms with Crippen molar-refractivity contribution in [2.75, 3.05) is 19.6 Å². The molecule has 0 unspecified atom stereocenters. The molecule has 1 saturated heterocycles. The van der Waals surface area contributed by atoms with Crippen LogP contribution in [0.4, 0.5) is 0 Å². The Morgan fingerprint density at radius 3 is 2.81 bits per heavy atom. The van der Waals surface area contributed by atoms with Crippen molar-refractivity contribution >= 4 is 5.91 Å². The van der Waals surface area contributed by atoms with Gasteiger partial charge in [0.1, 0.15) is 0 Å². The standard InChI is InChI=1S/C13H18N2O/c1-10-4-2-3-5-11(10)6-7-15-13(16)12-8-14-9-12/h2-5,12,14H,6-9H2,1H3,(H,15,16). The first-order valence-corrected chi connectivity index (χ1v) is 5.80. The monoisotopic (exact) mass is 218 g/mol. The molecule has 1 amide bonds. The highest BCUT2D eigenvalue weighted by Crippen LogP contribution is 2.07. The van der Waals surface area contributed by atoms with Crippen molar-refractivity contribution in [1.29, 1.82) is 0 Å². The number of hydrogen-bond donors (Lipinski definition) is 2. The molecule has 0 bridgehead atoms. The summed E-state index contributed by atoms with van der Waals surface area (Å²) in [4.78, 5) is 11.5. The van der Waals surface area contributed by atoms with Crippen LogP contribution >= 0.6 is 0 Å². The molecule has 0 aromatic heterocycles. The van der Waals surface area contributed by atoms with Crippen molar-refractivity contribution in [3.63, 3.8) is 0 Å². The van der Waals surface area contributed by atoms with Crippen LogP contribution in [0.2, 0.25) is 0 Å². The summed E-state index contributed by atoms with van der Waals surface area (Å²) in [6.07, 6.45) is 0.915. The summed E-state index contributed by atoms with van der Waals surface area (Å²) in [5.41, 5.74) is 2.61. The maximum Gasteiger partial charge on any atom is 0.225 e. The molecule has 0 saturated carbocycles. The summed E-state index contributed by atoms with van der Waals surface area (Å²) in [5, 5.41) is 6.08. The first-order valence-electron chi connectivity index (χ1n) is 5.80. The molecular formula is C13H18N2O. The molecule has 86 valence electrons. The molecular weight excluding hydrogens is 200 g/mol. The topological polar surface area (TPSA) is 41.1 Å². The number of carbonyl (C=O) groups excluding carboxylic acids is 1. The predicted molar refractivity (Wildman–Crippen MR) is 64.3 cm³/mol. The summed E-state index contributed by atoms with van der Waals surface area (Å²) < 4.78 is 0. The molecule has 0 atom stereocenters. The summed E-state index contributed by atoms with van der Waals surface area (Å²) in [7, 11) is 0. The van der Waals surface area contributed by atoms with Gasteiger partial charge in [-0.1, -0.05) is 24.3 Å². The van der Waals surface area contributed by atoms with Crippen LogP contribution in [0.15, 0.2) is 24.3 Å². The first-order chi connectivity index (χ1) is 7.77. The molecule has 0 aliphatic carbocycles. The highest BCUT2D eigenvalue weighted by molar-refractivity contribution is 5.79. The van der Waals surface area contributed by atoms with E-state index in [1.807, 2.05) is 12.1 Å². The average Bonchev–Trinajstić information content (AvgIpc) is 2.18. The van der Waals surface area contributed by atoms with Gasteiger partial charge in [0.15, 0.2) is 0 Å². The van der Waals surface area contributed by atoms with Crippen molar-refractivity contribution in [3.05, 3.63) is 35.4 Å². The van der Waals surface area contributed by atoms with Gasteiger partial charge in [0.25, 0.3) is 0 Å². The van der Waals surface area contributed by atoms with Crippen LogP contribution in [0.3, 0.4) is 0 Å². The number of carbonyl (C=O) groups is 1. The Hall–Kier alpha value is -1.35. The molecule has 3 heteroatoms. The van der Waals surface area contributed by atoms with Gasteiger partial charge in [-0.2, -0.15) is 0 Å². The van der Waals surface area contributed by atoms with Gasteiger partial charge in [0.2, 0.25) is 5.91 Å². The molecule has 16 heavy (non-hydrogen) atoms. The quantitative estimate of drug-likeness (QED) is 0.787. The fourth-order valence-corrected chi connectivity index (χ4v) is 1.83. The van der Waals surface area contributed by atoms with Crippen LogP contribution in [-0.2, 0) is 11.2 Å². The van der Waals surface area contributed by atoms with E-state index in [4.69, 9.17) is 0 Å². The van der Waals surface area contributed by atoms with E-state index in [2.05, 4.69) is 29.7 Å². The molecule has 3 nitrogen and oxygen atoms in total. The summed E-state index contributed by atoms with van der Waals surface area (Å²) in [6, 6.07) is 8.30. The van der Waals surface area contributed by atoms with Crippen LogP contribution in [0.25, 0.3) is 0 Å². The number of aryl methyl sites for hydroxylation is 1. The van der Waals surface area contributed by atoms with Gasteiger partial charge >= 0.3 is 0 Å². The maximum atomic E-state index is 11.5. The molecule has 1 fully saturated rings. The largest absolute Gasteiger partial charge is 0.355 e. The molecule has 1 heterocycles. The van der Waals surface area contributed by atoms with Crippen LogP contribution in [0, 0.1) is 12.8 Å². The minimum Gasteiger partial charge on any atom is -0.355 e. The van der Waals surface area contributed by atoms with Crippen LogP contribution < -0.4 is 10.6 Å². The van der Waals surface area contributed by atoms with E-state index in [0.717, 1.165) is 26.1 Å². The molecule has 1 aliphatic rings. The molecule has 2 rings (SSSR count). The maximum absolute atomic E-state index is 11.5. The van der Waals surface area contributed by atoms with Gasteiger partial charge in [-0.05, 0) is 24.5 Å². The zero-order chi connectivity index (χ0) is 11.4. The lowest BCUT2D eigenvalue weighted by Gasteiger charge is -2.25. The highest BCUT2D eigenvalue weighted by atomic mass is 16.2. The molecule has 0 radical (unpaired) electrons. The van der Waals surface area contributed by atoms with Gasteiger partial charge in [-0.25, -0.2) is 0 Å². The van der Waals surface area contributed by atoms with E-state index >= 15 is 0 Å². The second-order valence-electron chi connectivity index (χ2n) is 4.32. The fourth-order valence-electron chi connectivity index (χ4n) is 1.83. The van der Waals surface area contributed by atoms with Crippen molar-refractivity contribution in [2.45, 2.75) is 13.3 Å². The third kappa shape index (κ3) is 2.61. The lowest BCUT2D eigenvalue weighted by Crippen LogP contribution is -2.51. The number of amides is 1. The molecule has 1 aromatic carbocycles. The fraction of sp³-hybridized carbons (Fsp3) is 0.462. The lowest BCUT2D eigenvalue weighted by molar-refractivity contribution is -0.126. The minimum atomic E-state index is 0.187. The van der Waals surface area contributed by atoms with Gasteiger partial charge < -0.3 is 10.6 Å². The highest BCUT2D eigenvalue weighted by Gasteiger charge is 2.23.